The van der Waals surface area contributed by atoms with Crippen LogP contribution in [-0.4, -0.2) is 14.7 Å². The standard InChI is InChI=1S/C11H7FO4S/c12-17(14,15)11-10(5-6-16-11)9-3-1-8(7-13)2-4-9/h1-7H. The van der Waals surface area contributed by atoms with Crippen molar-refractivity contribution in [2.45, 2.75) is 5.09 Å². The average Bonchev–Trinajstić information content (AvgIpc) is 2.78. The zero-order chi connectivity index (χ0) is 12.5. The molecule has 0 fully saturated rings. The molecule has 0 saturated carbocycles. The Morgan fingerprint density at radius 1 is 1.12 bits per heavy atom. The van der Waals surface area contributed by atoms with Gasteiger partial charge in [-0.1, -0.05) is 28.2 Å². The van der Waals surface area contributed by atoms with E-state index in [-0.39, 0.29) is 5.56 Å². The third-order valence-electron chi connectivity index (χ3n) is 2.21. The van der Waals surface area contributed by atoms with Gasteiger partial charge in [0.1, 0.15) is 6.29 Å². The van der Waals surface area contributed by atoms with Crippen molar-refractivity contribution in [1.29, 1.82) is 0 Å². The lowest BCUT2D eigenvalue weighted by atomic mass is 10.1. The summed E-state index contributed by atoms with van der Waals surface area (Å²) in [6, 6.07) is 7.39. The topological polar surface area (TPSA) is 64.3 Å². The molecule has 88 valence electrons. The zero-order valence-corrected chi connectivity index (χ0v) is 9.28. The molecular weight excluding hydrogens is 247 g/mol. The first-order valence-electron chi connectivity index (χ1n) is 4.60. The average molecular weight is 254 g/mol. The summed E-state index contributed by atoms with van der Waals surface area (Å²) >= 11 is 0. The lowest BCUT2D eigenvalue weighted by molar-refractivity contribution is 0.112. The molecule has 0 aliphatic rings. The van der Waals surface area contributed by atoms with Crippen LogP contribution in [0.3, 0.4) is 0 Å². The molecule has 0 bridgehead atoms. The van der Waals surface area contributed by atoms with Gasteiger partial charge in [-0.25, -0.2) is 0 Å². The molecule has 0 aliphatic carbocycles. The van der Waals surface area contributed by atoms with Crippen LogP contribution >= 0.6 is 0 Å². The number of furan rings is 1. The number of carbonyl (C=O) groups excluding carboxylic acids is 1. The molecule has 0 saturated heterocycles. The molecule has 0 N–H and O–H groups in total. The lowest BCUT2D eigenvalue weighted by Crippen LogP contribution is -1.92. The predicted molar refractivity (Wildman–Crippen MR) is 57.8 cm³/mol. The smallest absolute Gasteiger partial charge is 0.366 e. The van der Waals surface area contributed by atoms with Crippen molar-refractivity contribution < 1.29 is 21.5 Å². The molecule has 0 spiro atoms. The van der Waals surface area contributed by atoms with Crippen molar-refractivity contribution in [3.63, 3.8) is 0 Å². The van der Waals surface area contributed by atoms with Gasteiger partial charge in [0.15, 0.2) is 0 Å². The van der Waals surface area contributed by atoms with Gasteiger partial charge >= 0.3 is 10.2 Å². The van der Waals surface area contributed by atoms with Crippen LogP contribution < -0.4 is 0 Å². The van der Waals surface area contributed by atoms with E-state index in [0.717, 1.165) is 6.26 Å². The second kappa shape index (κ2) is 4.14. The molecule has 1 heterocycles. The summed E-state index contributed by atoms with van der Waals surface area (Å²) in [4.78, 5) is 10.5. The van der Waals surface area contributed by atoms with E-state index in [4.69, 9.17) is 0 Å². The molecule has 17 heavy (non-hydrogen) atoms. The van der Waals surface area contributed by atoms with E-state index in [1.54, 1.807) is 0 Å². The van der Waals surface area contributed by atoms with E-state index in [9.17, 15) is 17.1 Å². The molecule has 2 aromatic rings. The van der Waals surface area contributed by atoms with Gasteiger partial charge in [-0.3, -0.25) is 4.79 Å². The predicted octanol–water partition coefficient (Wildman–Crippen LogP) is 2.42. The quantitative estimate of drug-likeness (QED) is 0.623. The van der Waals surface area contributed by atoms with Crippen LogP contribution in [0.5, 0.6) is 0 Å². The molecule has 0 aliphatic heterocycles. The van der Waals surface area contributed by atoms with E-state index in [0.29, 0.717) is 17.4 Å². The van der Waals surface area contributed by atoms with Crippen molar-refractivity contribution in [1.82, 2.24) is 0 Å². The fraction of sp³-hybridized carbons (Fsp3) is 0. The largest absolute Gasteiger partial charge is 0.450 e. The van der Waals surface area contributed by atoms with Crippen LogP contribution in [0.2, 0.25) is 0 Å². The van der Waals surface area contributed by atoms with Crippen LogP contribution in [0.25, 0.3) is 11.1 Å². The molecule has 1 aromatic heterocycles. The van der Waals surface area contributed by atoms with E-state index in [2.05, 4.69) is 4.42 Å². The zero-order valence-electron chi connectivity index (χ0n) is 8.46. The molecule has 4 nitrogen and oxygen atoms in total. The summed E-state index contributed by atoms with van der Waals surface area (Å²) in [6.45, 7) is 0. The fourth-order valence-electron chi connectivity index (χ4n) is 1.44. The minimum Gasteiger partial charge on any atom is -0.450 e. The van der Waals surface area contributed by atoms with Gasteiger partial charge in [0.05, 0.1) is 6.26 Å². The molecule has 2 rings (SSSR count). The number of benzene rings is 1. The van der Waals surface area contributed by atoms with E-state index in [1.807, 2.05) is 0 Å². The van der Waals surface area contributed by atoms with Crippen molar-refractivity contribution in [2.24, 2.45) is 0 Å². The van der Waals surface area contributed by atoms with E-state index >= 15 is 0 Å². The first-order chi connectivity index (χ1) is 8.02. The number of aldehydes is 1. The number of rotatable bonds is 3. The fourth-order valence-corrected chi connectivity index (χ4v) is 2.06. The van der Waals surface area contributed by atoms with E-state index in [1.165, 1.54) is 30.3 Å². The van der Waals surface area contributed by atoms with Crippen molar-refractivity contribution in [2.75, 3.05) is 0 Å². The van der Waals surface area contributed by atoms with Gasteiger partial charge in [0.2, 0.25) is 0 Å². The molecule has 1 aromatic carbocycles. The van der Waals surface area contributed by atoms with Crippen LogP contribution in [0.1, 0.15) is 10.4 Å². The Balaban J connectivity index is 2.54. The summed E-state index contributed by atoms with van der Waals surface area (Å²) in [5.41, 5.74) is 1.03. The summed E-state index contributed by atoms with van der Waals surface area (Å²) in [5, 5.41) is -0.726. The Kier molecular flexibility index (Phi) is 2.81. The lowest BCUT2D eigenvalue weighted by Gasteiger charge is -1.99. The van der Waals surface area contributed by atoms with Gasteiger partial charge in [0, 0.05) is 11.1 Å². The summed E-state index contributed by atoms with van der Waals surface area (Å²) in [6.07, 6.45) is 1.75. The number of halogens is 1. The van der Waals surface area contributed by atoms with Gasteiger partial charge in [-0.15, -0.1) is 0 Å². The number of carbonyl (C=O) groups is 1. The minimum atomic E-state index is -4.89. The maximum absolute atomic E-state index is 12.9. The SMILES string of the molecule is O=Cc1ccc(-c2ccoc2S(=O)(=O)F)cc1. The second-order valence-electron chi connectivity index (χ2n) is 3.30. The Hall–Kier alpha value is -1.95. The number of hydrogen-bond acceptors (Lipinski definition) is 4. The van der Waals surface area contributed by atoms with Gasteiger partial charge < -0.3 is 4.42 Å². The Labute approximate surface area is 96.9 Å². The highest BCUT2D eigenvalue weighted by atomic mass is 32.3. The highest BCUT2D eigenvalue weighted by Crippen LogP contribution is 2.29. The minimum absolute atomic E-state index is 0.130. The van der Waals surface area contributed by atoms with Gasteiger partial charge in [0.25, 0.3) is 5.09 Å². The van der Waals surface area contributed by atoms with Crippen LogP contribution in [0, 0.1) is 0 Å². The number of hydrogen-bond donors (Lipinski definition) is 0. The molecule has 0 amide bonds. The molecule has 0 radical (unpaired) electrons. The van der Waals surface area contributed by atoms with Crippen molar-refractivity contribution in [3.05, 3.63) is 42.2 Å². The monoisotopic (exact) mass is 254 g/mol. The third kappa shape index (κ3) is 2.26. The van der Waals surface area contributed by atoms with E-state index < -0.39 is 15.3 Å². The first-order valence-corrected chi connectivity index (χ1v) is 5.98. The summed E-state index contributed by atoms with van der Waals surface area (Å²) in [5.74, 6) is 0. The third-order valence-corrected chi connectivity index (χ3v) is 2.97. The van der Waals surface area contributed by atoms with Crippen molar-refractivity contribution in [3.8, 4) is 11.1 Å². The van der Waals surface area contributed by atoms with Crippen LogP contribution in [-0.2, 0) is 10.2 Å². The maximum atomic E-state index is 12.9. The molecule has 0 unspecified atom stereocenters. The summed E-state index contributed by atoms with van der Waals surface area (Å²) in [7, 11) is -4.89. The highest BCUT2D eigenvalue weighted by Gasteiger charge is 2.22. The Morgan fingerprint density at radius 2 is 1.76 bits per heavy atom. The molecule has 6 heteroatoms. The summed E-state index contributed by atoms with van der Waals surface area (Å²) < 4.78 is 39.1. The van der Waals surface area contributed by atoms with Crippen molar-refractivity contribution >= 4 is 16.5 Å². The normalized spacial score (nSPS) is 11.4. The second-order valence-corrected chi connectivity index (χ2v) is 4.55. The Bertz CT molecular complexity index is 640. The maximum Gasteiger partial charge on any atom is 0.366 e. The van der Waals surface area contributed by atoms with Crippen LogP contribution in [0.4, 0.5) is 3.89 Å². The molecular formula is C11H7FO4S. The Morgan fingerprint density at radius 3 is 2.29 bits per heavy atom. The van der Waals surface area contributed by atoms with Crippen LogP contribution in [0.15, 0.2) is 46.1 Å². The first kappa shape index (κ1) is 11.5. The highest BCUT2D eigenvalue weighted by molar-refractivity contribution is 7.86. The van der Waals surface area contributed by atoms with Gasteiger partial charge in [-0.2, -0.15) is 8.42 Å². The van der Waals surface area contributed by atoms with Gasteiger partial charge in [-0.05, 0) is 11.6 Å². The molecule has 0 atom stereocenters.